The molecule has 4 rings (SSSR count). The molecule has 0 aromatic heterocycles. The molecule has 0 amide bonds. The predicted octanol–water partition coefficient (Wildman–Crippen LogP) is 2.21. The molecule has 3 fully saturated rings. The van der Waals surface area contributed by atoms with Crippen LogP contribution in [0.5, 0.6) is 0 Å². The lowest BCUT2D eigenvalue weighted by molar-refractivity contribution is -0.156. The van der Waals surface area contributed by atoms with Crippen LogP contribution in [0.2, 0.25) is 0 Å². The molecule has 0 saturated carbocycles. The zero-order valence-corrected chi connectivity index (χ0v) is 10.8. The molecule has 0 aliphatic carbocycles. The Balaban J connectivity index is 1.57. The van der Waals surface area contributed by atoms with Gasteiger partial charge in [-0.05, 0) is 49.5 Å². The van der Waals surface area contributed by atoms with Crippen LogP contribution in [-0.4, -0.2) is 30.5 Å². The van der Waals surface area contributed by atoms with Crippen LogP contribution in [0, 0.1) is 17.7 Å². The van der Waals surface area contributed by atoms with Gasteiger partial charge in [0.1, 0.15) is 12.4 Å². The van der Waals surface area contributed by atoms with E-state index in [-0.39, 0.29) is 24.3 Å². The summed E-state index contributed by atoms with van der Waals surface area (Å²) in [5.74, 6) is 0.0658. The van der Waals surface area contributed by atoms with Gasteiger partial charge in [0.2, 0.25) is 0 Å². The lowest BCUT2D eigenvalue weighted by atomic mass is 9.79. The van der Waals surface area contributed by atoms with Gasteiger partial charge in [0, 0.05) is 6.54 Å². The first-order valence-corrected chi connectivity index (χ1v) is 6.86. The maximum Gasteiger partial charge on any atom is 0.310 e. The van der Waals surface area contributed by atoms with Crippen molar-refractivity contribution in [3.8, 4) is 0 Å². The van der Waals surface area contributed by atoms with Gasteiger partial charge >= 0.3 is 5.97 Å². The molecule has 1 atom stereocenters. The number of fused-ring (bicyclic) bond motifs is 3. The number of benzene rings is 1. The number of hydrogen-bond donors (Lipinski definition) is 0. The maximum absolute atomic E-state index is 13.0. The van der Waals surface area contributed by atoms with Crippen LogP contribution in [0.25, 0.3) is 0 Å². The van der Waals surface area contributed by atoms with Crippen molar-refractivity contribution in [2.45, 2.75) is 19.4 Å². The molecule has 1 unspecified atom stereocenters. The first-order chi connectivity index (χ1) is 9.22. The standard InChI is InChI=1S/C15H18FNO2/c16-13-3-1-2-11(8-13)10-19-15(18)14-9-17-6-4-12(14)5-7-17/h1-3,8,12,14H,4-7,9-10H2. The summed E-state index contributed by atoms with van der Waals surface area (Å²) in [6.45, 7) is 3.21. The molecule has 0 N–H and O–H groups in total. The summed E-state index contributed by atoms with van der Waals surface area (Å²) in [5, 5.41) is 0. The highest BCUT2D eigenvalue weighted by atomic mass is 19.1. The molecule has 2 bridgehead atoms. The van der Waals surface area contributed by atoms with Gasteiger partial charge in [-0.25, -0.2) is 4.39 Å². The first kappa shape index (κ1) is 12.6. The Hall–Kier alpha value is -1.42. The van der Waals surface area contributed by atoms with E-state index < -0.39 is 0 Å². The minimum Gasteiger partial charge on any atom is -0.461 e. The van der Waals surface area contributed by atoms with E-state index in [1.807, 2.05) is 0 Å². The van der Waals surface area contributed by atoms with Crippen molar-refractivity contribution in [3.63, 3.8) is 0 Å². The molecule has 102 valence electrons. The van der Waals surface area contributed by atoms with E-state index in [9.17, 15) is 9.18 Å². The van der Waals surface area contributed by atoms with Gasteiger partial charge in [-0.1, -0.05) is 12.1 Å². The molecular formula is C15H18FNO2. The molecule has 3 saturated heterocycles. The third kappa shape index (κ3) is 2.78. The molecule has 3 nitrogen and oxygen atoms in total. The molecular weight excluding hydrogens is 245 g/mol. The third-order valence-electron chi connectivity index (χ3n) is 4.23. The first-order valence-electron chi connectivity index (χ1n) is 6.86. The van der Waals surface area contributed by atoms with Crippen molar-refractivity contribution < 1.29 is 13.9 Å². The molecule has 0 radical (unpaired) electrons. The fourth-order valence-electron chi connectivity index (χ4n) is 3.12. The zero-order valence-electron chi connectivity index (χ0n) is 10.8. The second-order valence-corrected chi connectivity index (χ2v) is 5.48. The molecule has 1 aromatic carbocycles. The van der Waals surface area contributed by atoms with Gasteiger partial charge in [-0.2, -0.15) is 0 Å². The Kier molecular flexibility index (Phi) is 3.51. The third-order valence-corrected chi connectivity index (χ3v) is 4.23. The Bertz CT molecular complexity index is 469. The second-order valence-electron chi connectivity index (χ2n) is 5.48. The quantitative estimate of drug-likeness (QED) is 0.783. The van der Waals surface area contributed by atoms with Crippen molar-refractivity contribution in [2.75, 3.05) is 19.6 Å². The van der Waals surface area contributed by atoms with Gasteiger partial charge in [-0.3, -0.25) is 4.79 Å². The van der Waals surface area contributed by atoms with Crippen molar-refractivity contribution in [1.29, 1.82) is 0 Å². The molecule has 1 aromatic rings. The van der Waals surface area contributed by atoms with Gasteiger partial charge in [-0.15, -0.1) is 0 Å². The topological polar surface area (TPSA) is 29.5 Å². The van der Waals surface area contributed by atoms with Gasteiger partial charge in [0.25, 0.3) is 0 Å². The number of carbonyl (C=O) groups is 1. The van der Waals surface area contributed by atoms with Crippen LogP contribution >= 0.6 is 0 Å². The van der Waals surface area contributed by atoms with E-state index in [0.29, 0.717) is 11.5 Å². The number of carbonyl (C=O) groups excluding carboxylic acids is 1. The second kappa shape index (κ2) is 5.29. The van der Waals surface area contributed by atoms with Crippen LogP contribution in [-0.2, 0) is 16.1 Å². The molecule has 3 heterocycles. The minimum atomic E-state index is -0.295. The highest BCUT2D eigenvalue weighted by molar-refractivity contribution is 5.73. The Labute approximate surface area is 112 Å². The molecule has 3 aliphatic heterocycles. The van der Waals surface area contributed by atoms with E-state index >= 15 is 0 Å². The van der Waals surface area contributed by atoms with Crippen molar-refractivity contribution in [1.82, 2.24) is 4.90 Å². The normalized spacial score (nSPS) is 29.2. The maximum atomic E-state index is 13.0. The summed E-state index contributed by atoms with van der Waals surface area (Å²) >= 11 is 0. The average molecular weight is 263 g/mol. The SMILES string of the molecule is O=C(OCc1cccc(F)c1)C1CN2CCC1CC2. The van der Waals surface area contributed by atoms with Crippen LogP contribution in [0.4, 0.5) is 4.39 Å². The van der Waals surface area contributed by atoms with E-state index in [0.717, 1.165) is 32.5 Å². The fourth-order valence-corrected chi connectivity index (χ4v) is 3.12. The van der Waals surface area contributed by atoms with Crippen LogP contribution < -0.4 is 0 Å². The Morgan fingerprint density at radius 3 is 2.79 bits per heavy atom. The van der Waals surface area contributed by atoms with E-state index in [1.54, 1.807) is 12.1 Å². The van der Waals surface area contributed by atoms with Crippen molar-refractivity contribution in [2.24, 2.45) is 11.8 Å². The van der Waals surface area contributed by atoms with E-state index in [2.05, 4.69) is 4.90 Å². The Morgan fingerprint density at radius 2 is 2.16 bits per heavy atom. The molecule has 0 spiro atoms. The van der Waals surface area contributed by atoms with Crippen LogP contribution in [0.15, 0.2) is 24.3 Å². The lowest BCUT2D eigenvalue weighted by Crippen LogP contribution is -2.50. The minimum absolute atomic E-state index is 0.0102. The largest absolute Gasteiger partial charge is 0.461 e. The van der Waals surface area contributed by atoms with Gasteiger partial charge in [0.05, 0.1) is 5.92 Å². The lowest BCUT2D eigenvalue weighted by Gasteiger charge is -2.43. The summed E-state index contributed by atoms with van der Waals surface area (Å²) in [6, 6.07) is 6.20. The smallest absolute Gasteiger partial charge is 0.310 e. The number of piperidine rings is 3. The highest BCUT2D eigenvalue weighted by Crippen LogP contribution is 2.33. The summed E-state index contributed by atoms with van der Waals surface area (Å²) in [7, 11) is 0. The number of halogens is 1. The molecule has 3 aliphatic rings. The molecule has 19 heavy (non-hydrogen) atoms. The number of esters is 1. The van der Waals surface area contributed by atoms with Gasteiger partial charge in [0.15, 0.2) is 0 Å². The van der Waals surface area contributed by atoms with E-state index in [1.165, 1.54) is 12.1 Å². The van der Waals surface area contributed by atoms with Crippen LogP contribution in [0.1, 0.15) is 18.4 Å². The summed E-state index contributed by atoms with van der Waals surface area (Å²) < 4.78 is 18.4. The number of ether oxygens (including phenoxy) is 1. The summed E-state index contributed by atoms with van der Waals surface area (Å²) in [5.41, 5.74) is 0.703. The summed E-state index contributed by atoms with van der Waals surface area (Å²) in [4.78, 5) is 14.4. The van der Waals surface area contributed by atoms with E-state index in [4.69, 9.17) is 4.74 Å². The highest BCUT2D eigenvalue weighted by Gasteiger charge is 2.39. The summed E-state index contributed by atoms with van der Waals surface area (Å²) in [6.07, 6.45) is 2.19. The molecule has 4 heteroatoms. The fraction of sp³-hybridized carbons (Fsp3) is 0.533. The average Bonchev–Trinajstić information content (AvgIpc) is 2.46. The number of rotatable bonds is 3. The number of hydrogen-bond acceptors (Lipinski definition) is 3. The zero-order chi connectivity index (χ0) is 13.2. The predicted molar refractivity (Wildman–Crippen MR) is 68.9 cm³/mol. The monoisotopic (exact) mass is 263 g/mol. The van der Waals surface area contributed by atoms with Gasteiger partial charge < -0.3 is 9.64 Å². The van der Waals surface area contributed by atoms with Crippen LogP contribution in [0.3, 0.4) is 0 Å². The Morgan fingerprint density at radius 1 is 1.37 bits per heavy atom. The number of nitrogens with zero attached hydrogens (tertiary/aromatic N) is 1. The van der Waals surface area contributed by atoms with Crippen molar-refractivity contribution >= 4 is 5.97 Å². The van der Waals surface area contributed by atoms with Crippen molar-refractivity contribution in [3.05, 3.63) is 35.6 Å².